The van der Waals surface area contributed by atoms with Crippen LogP contribution in [-0.2, 0) is 16.1 Å². The van der Waals surface area contributed by atoms with Crippen molar-refractivity contribution in [3.63, 3.8) is 0 Å². The number of amides is 1. The number of hydrogen-bond donors (Lipinski definition) is 1. The second kappa shape index (κ2) is 7.00. The number of nitro groups is 1. The molecule has 2 aromatic carbocycles. The topological polar surface area (TPSA) is 102 Å². The van der Waals surface area contributed by atoms with Gasteiger partial charge >= 0.3 is 5.97 Å². The van der Waals surface area contributed by atoms with Gasteiger partial charge in [0.2, 0.25) is 5.91 Å². The number of hydrogen-bond acceptors (Lipinski definition) is 6. The van der Waals surface area contributed by atoms with E-state index in [1.54, 1.807) is 0 Å². The minimum atomic E-state index is -0.570. The largest absolute Gasteiger partial charge is 0.423 e. The Morgan fingerprint density at radius 3 is 2.72 bits per heavy atom. The first kappa shape index (κ1) is 16.4. The maximum absolute atomic E-state index is 12.2. The first-order chi connectivity index (χ1) is 12.0. The first-order valence-corrected chi connectivity index (χ1v) is 7.57. The van der Waals surface area contributed by atoms with Crippen LogP contribution in [0.15, 0.2) is 48.5 Å². The molecule has 1 heterocycles. The van der Waals surface area contributed by atoms with E-state index in [0.717, 1.165) is 5.56 Å². The molecule has 1 aliphatic rings. The molecule has 3 rings (SSSR count). The zero-order chi connectivity index (χ0) is 17.8. The molecule has 1 amide bonds. The zero-order valence-electron chi connectivity index (χ0n) is 13.2. The molecule has 0 radical (unpaired) electrons. The standard InChI is InChI=1S/C17H15N3O5/c21-16(18-9-12-4-2-1-3-5-12)10-19-11-17(22)25-15-8-13(20(23)24)6-7-14(15)19/h1-8H,9-11H2,(H,18,21). The molecule has 8 nitrogen and oxygen atoms in total. The molecular formula is C17H15N3O5. The van der Waals surface area contributed by atoms with E-state index >= 15 is 0 Å². The van der Waals surface area contributed by atoms with Crippen molar-refractivity contribution in [1.29, 1.82) is 0 Å². The average molecular weight is 341 g/mol. The Kier molecular flexibility index (Phi) is 4.60. The van der Waals surface area contributed by atoms with E-state index in [1.165, 1.54) is 23.1 Å². The summed E-state index contributed by atoms with van der Waals surface area (Å²) in [6.07, 6.45) is 0. The highest BCUT2D eigenvalue weighted by molar-refractivity contribution is 5.89. The van der Waals surface area contributed by atoms with Crippen LogP contribution in [0.1, 0.15) is 5.56 Å². The summed E-state index contributed by atoms with van der Waals surface area (Å²) in [5.74, 6) is -0.743. The van der Waals surface area contributed by atoms with E-state index < -0.39 is 10.9 Å². The van der Waals surface area contributed by atoms with Crippen LogP contribution < -0.4 is 15.0 Å². The Hall–Kier alpha value is -3.42. The molecule has 0 bridgehead atoms. The molecule has 1 N–H and O–H groups in total. The van der Waals surface area contributed by atoms with Crippen molar-refractivity contribution >= 4 is 23.3 Å². The van der Waals surface area contributed by atoms with Gasteiger partial charge in [0.1, 0.15) is 6.54 Å². The summed E-state index contributed by atoms with van der Waals surface area (Å²) in [6.45, 7) is 0.237. The van der Waals surface area contributed by atoms with E-state index in [0.29, 0.717) is 12.2 Å². The number of nitro benzene ring substituents is 1. The Bertz CT molecular complexity index is 822. The lowest BCUT2D eigenvalue weighted by Crippen LogP contribution is -2.43. The summed E-state index contributed by atoms with van der Waals surface area (Å²) in [5.41, 5.74) is 1.26. The Balaban J connectivity index is 1.69. The maximum Gasteiger partial charge on any atom is 0.331 e. The third-order valence-corrected chi connectivity index (χ3v) is 3.71. The molecule has 0 unspecified atom stereocenters. The van der Waals surface area contributed by atoms with Gasteiger partial charge in [-0.15, -0.1) is 0 Å². The number of nitrogens with one attached hydrogen (secondary N) is 1. The Morgan fingerprint density at radius 2 is 2.00 bits per heavy atom. The Morgan fingerprint density at radius 1 is 1.24 bits per heavy atom. The van der Waals surface area contributed by atoms with Gasteiger partial charge in [-0.05, 0) is 11.6 Å². The zero-order valence-corrected chi connectivity index (χ0v) is 13.2. The number of non-ortho nitro benzene ring substituents is 1. The minimum Gasteiger partial charge on any atom is -0.423 e. The molecule has 0 atom stereocenters. The highest BCUT2D eigenvalue weighted by Gasteiger charge is 2.27. The van der Waals surface area contributed by atoms with Crippen molar-refractivity contribution in [2.75, 3.05) is 18.0 Å². The molecular weight excluding hydrogens is 326 g/mol. The fourth-order valence-electron chi connectivity index (χ4n) is 2.52. The highest BCUT2D eigenvalue weighted by Crippen LogP contribution is 2.34. The summed E-state index contributed by atoms with van der Waals surface area (Å²) in [4.78, 5) is 35.7. The summed E-state index contributed by atoms with van der Waals surface area (Å²) in [6, 6.07) is 13.4. The summed E-state index contributed by atoms with van der Waals surface area (Å²) in [7, 11) is 0. The molecule has 0 aromatic heterocycles. The molecule has 0 saturated carbocycles. The van der Waals surface area contributed by atoms with Gasteiger partial charge in [0.25, 0.3) is 5.69 Å². The van der Waals surface area contributed by atoms with E-state index in [-0.39, 0.29) is 30.4 Å². The molecule has 0 spiro atoms. The lowest BCUT2D eigenvalue weighted by molar-refractivity contribution is -0.384. The Labute approximate surface area is 143 Å². The van der Waals surface area contributed by atoms with Gasteiger partial charge in [-0.2, -0.15) is 0 Å². The maximum atomic E-state index is 12.2. The fourth-order valence-corrected chi connectivity index (χ4v) is 2.52. The molecule has 0 aliphatic carbocycles. The lowest BCUT2D eigenvalue weighted by Gasteiger charge is -2.28. The van der Waals surface area contributed by atoms with Crippen molar-refractivity contribution in [2.45, 2.75) is 6.54 Å². The van der Waals surface area contributed by atoms with Crippen molar-refractivity contribution in [1.82, 2.24) is 5.32 Å². The SMILES string of the molecule is O=C(CN1CC(=O)Oc2cc([N+](=O)[O-])ccc21)NCc1ccccc1. The lowest BCUT2D eigenvalue weighted by atomic mass is 10.2. The molecule has 25 heavy (non-hydrogen) atoms. The van der Waals surface area contributed by atoms with Crippen molar-refractivity contribution in [2.24, 2.45) is 0 Å². The van der Waals surface area contributed by atoms with Crippen LogP contribution in [-0.4, -0.2) is 29.9 Å². The number of carbonyl (C=O) groups is 2. The van der Waals surface area contributed by atoms with E-state index in [9.17, 15) is 19.7 Å². The fraction of sp³-hybridized carbons (Fsp3) is 0.176. The second-order valence-electron chi connectivity index (χ2n) is 5.50. The third kappa shape index (κ3) is 3.92. The van der Waals surface area contributed by atoms with Gasteiger partial charge in [-0.3, -0.25) is 14.9 Å². The summed E-state index contributed by atoms with van der Waals surface area (Å²) >= 11 is 0. The van der Waals surface area contributed by atoms with Crippen LogP contribution in [0.3, 0.4) is 0 Å². The predicted octanol–water partition coefficient (Wildman–Crippen LogP) is 1.64. The molecule has 1 aliphatic heterocycles. The minimum absolute atomic E-state index is 0.0489. The van der Waals surface area contributed by atoms with Gasteiger partial charge in [-0.1, -0.05) is 30.3 Å². The van der Waals surface area contributed by atoms with E-state index in [2.05, 4.69) is 5.32 Å². The monoisotopic (exact) mass is 341 g/mol. The first-order valence-electron chi connectivity index (χ1n) is 7.57. The van der Waals surface area contributed by atoms with Crippen LogP contribution in [0.25, 0.3) is 0 Å². The average Bonchev–Trinajstić information content (AvgIpc) is 2.60. The normalized spacial score (nSPS) is 13.0. The number of nitrogens with zero attached hydrogens (tertiary/aromatic N) is 2. The molecule has 8 heteroatoms. The summed E-state index contributed by atoms with van der Waals surface area (Å²) < 4.78 is 5.05. The predicted molar refractivity (Wildman–Crippen MR) is 89.2 cm³/mol. The van der Waals surface area contributed by atoms with Crippen LogP contribution in [0.2, 0.25) is 0 Å². The number of anilines is 1. The van der Waals surface area contributed by atoms with E-state index in [4.69, 9.17) is 4.74 Å². The molecule has 0 saturated heterocycles. The van der Waals surface area contributed by atoms with Crippen molar-refractivity contribution < 1.29 is 19.2 Å². The van der Waals surface area contributed by atoms with Crippen LogP contribution >= 0.6 is 0 Å². The summed E-state index contributed by atoms with van der Waals surface area (Å²) in [5, 5.41) is 13.6. The molecule has 0 fully saturated rings. The van der Waals surface area contributed by atoms with Gasteiger partial charge in [0, 0.05) is 12.6 Å². The second-order valence-corrected chi connectivity index (χ2v) is 5.50. The van der Waals surface area contributed by atoms with Gasteiger partial charge in [-0.25, -0.2) is 4.79 Å². The molecule has 128 valence electrons. The number of benzene rings is 2. The van der Waals surface area contributed by atoms with Gasteiger partial charge in [0.05, 0.1) is 23.2 Å². The van der Waals surface area contributed by atoms with Gasteiger partial charge < -0.3 is 15.0 Å². The highest BCUT2D eigenvalue weighted by atomic mass is 16.6. The van der Waals surface area contributed by atoms with Crippen molar-refractivity contribution in [3.05, 3.63) is 64.2 Å². The van der Waals surface area contributed by atoms with Gasteiger partial charge in [0.15, 0.2) is 5.75 Å². The number of fused-ring (bicyclic) bond motifs is 1. The smallest absolute Gasteiger partial charge is 0.331 e. The number of ether oxygens (including phenoxy) is 1. The van der Waals surface area contributed by atoms with Crippen molar-refractivity contribution in [3.8, 4) is 5.75 Å². The number of rotatable bonds is 5. The molecule has 2 aromatic rings. The van der Waals surface area contributed by atoms with Crippen LogP contribution in [0.5, 0.6) is 5.75 Å². The number of esters is 1. The number of carbonyl (C=O) groups excluding carboxylic acids is 2. The van der Waals surface area contributed by atoms with E-state index in [1.807, 2.05) is 30.3 Å². The quantitative estimate of drug-likeness (QED) is 0.384. The van der Waals surface area contributed by atoms with Crippen LogP contribution in [0, 0.1) is 10.1 Å². The third-order valence-electron chi connectivity index (χ3n) is 3.71. The van der Waals surface area contributed by atoms with Crippen LogP contribution in [0.4, 0.5) is 11.4 Å².